The van der Waals surface area contributed by atoms with Crippen molar-refractivity contribution in [3.05, 3.63) is 107 Å². The molecule has 0 radical (unpaired) electrons. The van der Waals surface area contributed by atoms with E-state index in [-0.39, 0.29) is 0 Å². The molecule has 0 aliphatic carbocycles. The third-order valence-corrected chi connectivity index (χ3v) is 6.02. The third-order valence-electron chi connectivity index (χ3n) is 6.02. The van der Waals surface area contributed by atoms with Crippen LogP contribution in [0, 0.1) is 0 Å². The average molecular weight is 467 g/mol. The summed E-state index contributed by atoms with van der Waals surface area (Å²) in [6.45, 7) is 8.76. The number of ether oxygens (including phenoxy) is 2. The first-order valence-corrected chi connectivity index (χ1v) is 12.1. The molecule has 4 rings (SSSR count). The fourth-order valence-corrected chi connectivity index (χ4v) is 4.07. The van der Waals surface area contributed by atoms with Crippen molar-refractivity contribution in [2.45, 2.75) is 46.0 Å². The lowest BCUT2D eigenvalue weighted by molar-refractivity contribution is 0.473. The summed E-state index contributed by atoms with van der Waals surface area (Å²) in [7, 11) is 0. The van der Waals surface area contributed by atoms with E-state index in [0.29, 0.717) is 11.8 Å². The maximum Gasteiger partial charge on any atom is 0.130 e. The smallest absolute Gasteiger partial charge is 0.130 e. The molecule has 0 atom stereocenters. The molecule has 180 valence electrons. The van der Waals surface area contributed by atoms with Crippen LogP contribution in [0.3, 0.4) is 0 Å². The number of rotatable bonds is 8. The van der Waals surface area contributed by atoms with Crippen molar-refractivity contribution in [3.8, 4) is 23.0 Å². The monoisotopic (exact) mass is 466 g/mol. The third kappa shape index (κ3) is 6.15. The predicted octanol–water partition coefficient (Wildman–Crippen LogP) is 8.27. The summed E-state index contributed by atoms with van der Waals surface area (Å²) in [6.07, 6.45) is 0.837. The van der Waals surface area contributed by atoms with E-state index in [0.717, 1.165) is 40.8 Å². The Balaban J connectivity index is 1.56. The van der Waals surface area contributed by atoms with Gasteiger partial charge in [0.25, 0.3) is 0 Å². The van der Waals surface area contributed by atoms with Gasteiger partial charge in [-0.1, -0.05) is 52.0 Å². The van der Waals surface area contributed by atoms with E-state index in [9.17, 15) is 0 Å². The largest absolute Gasteiger partial charge is 0.457 e. The van der Waals surface area contributed by atoms with Gasteiger partial charge in [-0.15, -0.1) is 0 Å². The lowest BCUT2D eigenvalue weighted by atomic mass is 9.94. The van der Waals surface area contributed by atoms with Crippen molar-refractivity contribution in [2.75, 3.05) is 11.5 Å². The summed E-state index contributed by atoms with van der Waals surface area (Å²) in [5.41, 5.74) is 17.9. The number of benzene rings is 4. The fourth-order valence-electron chi connectivity index (χ4n) is 4.07. The second kappa shape index (κ2) is 10.6. The van der Waals surface area contributed by atoms with Crippen molar-refractivity contribution in [1.29, 1.82) is 0 Å². The van der Waals surface area contributed by atoms with Crippen molar-refractivity contribution < 1.29 is 9.47 Å². The highest BCUT2D eigenvalue weighted by Crippen LogP contribution is 2.35. The van der Waals surface area contributed by atoms with Crippen LogP contribution in [0.5, 0.6) is 23.0 Å². The molecule has 0 aromatic heterocycles. The summed E-state index contributed by atoms with van der Waals surface area (Å²) in [6, 6.07) is 27.9. The highest BCUT2D eigenvalue weighted by Gasteiger charge is 2.13. The summed E-state index contributed by atoms with van der Waals surface area (Å²) in [4.78, 5) is 0. The molecule has 0 saturated heterocycles. The van der Waals surface area contributed by atoms with E-state index in [1.807, 2.05) is 48.5 Å². The van der Waals surface area contributed by atoms with E-state index in [2.05, 4.69) is 64.1 Å². The van der Waals surface area contributed by atoms with Gasteiger partial charge in [0, 0.05) is 11.4 Å². The Kier molecular flexibility index (Phi) is 7.31. The highest BCUT2D eigenvalue weighted by atomic mass is 16.5. The van der Waals surface area contributed by atoms with Crippen LogP contribution in [-0.2, 0) is 6.42 Å². The molecule has 0 saturated carbocycles. The van der Waals surface area contributed by atoms with Crippen LogP contribution >= 0.6 is 0 Å². The Morgan fingerprint density at radius 2 is 0.914 bits per heavy atom. The van der Waals surface area contributed by atoms with Crippen LogP contribution in [0.4, 0.5) is 11.4 Å². The van der Waals surface area contributed by atoms with Crippen LogP contribution in [0.2, 0.25) is 0 Å². The van der Waals surface area contributed by atoms with Crippen molar-refractivity contribution in [1.82, 2.24) is 0 Å². The quantitative estimate of drug-likeness (QED) is 0.256. The van der Waals surface area contributed by atoms with Gasteiger partial charge in [0.05, 0.1) is 0 Å². The Hall–Kier alpha value is -3.92. The molecule has 0 heterocycles. The van der Waals surface area contributed by atoms with Crippen LogP contribution in [0.15, 0.2) is 84.9 Å². The van der Waals surface area contributed by atoms with Gasteiger partial charge in [0.2, 0.25) is 0 Å². The van der Waals surface area contributed by atoms with E-state index in [1.54, 1.807) is 0 Å². The molecule has 0 bridgehead atoms. The van der Waals surface area contributed by atoms with Gasteiger partial charge >= 0.3 is 0 Å². The molecule has 4 heteroatoms. The number of nitrogens with two attached hydrogens (primary N) is 2. The van der Waals surface area contributed by atoms with Gasteiger partial charge in [-0.05, 0) is 101 Å². The van der Waals surface area contributed by atoms with Crippen LogP contribution < -0.4 is 20.9 Å². The molecule has 0 spiro atoms. The van der Waals surface area contributed by atoms with E-state index >= 15 is 0 Å². The molecule has 0 fully saturated rings. The van der Waals surface area contributed by atoms with Gasteiger partial charge in [-0.3, -0.25) is 0 Å². The average Bonchev–Trinajstić information content (AvgIpc) is 2.83. The highest BCUT2D eigenvalue weighted by molar-refractivity contribution is 5.48. The minimum Gasteiger partial charge on any atom is -0.457 e. The van der Waals surface area contributed by atoms with Crippen LogP contribution in [0.25, 0.3) is 0 Å². The van der Waals surface area contributed by atoms with E-state index in [1.165, 1.54) is 22.3 Å². The summed E-state index contributed by atoms with van der Waals surface area (Å²) >= 11 is 0. The topological polar surface area (TPSA) is 70.5 Å². The zero-order valence-electron chi connectivity index (χ0n) is 20.9. The van der Waals surface area contributed by atoms with Gasteiger partial charge in [0.1, 0.15) is 23.0 Å². The minimum absolute atomic E-state index is 0.334. The zero-order valence-corrected chi connectivity index (χ0v) is 20.9. The molecule has 0 aliphatic heterocycles. The predicted molar refractivity (Wildman–Crippen MR) is 146 cm³/mol. The van der Waals surface area contributed by atoms with Gasteiger partial charge in [-0.25, -0.2) is 0 Å². The van der Waals surface area contributed by atoms with E-state index < -0.39 is 0 Å². The second-order valence-electron chi connectivity index (χ2n) is 9.57. The van der Waals surface area contributed by atoms with Crippen molar-refractivity contribution >= 4 is 11.4 Å². The Morgan fingerprint density at radius 3 is 1.26 bits per heavy atom. The molecular formula is C31H34N2O2. The second-order valence-corrected chi connectivity index (χ2v) is 9.57. The lowest BCUT2D eigenvalue weighted by Gasteiger charge is -2.17. The molecule has 4 N–H and O–H groups in total. The number of anilines is 2. The van der Waals surface area contributed by atoms with Crippen LogP contribution in [-0.4, -0.2) is 0 Å². The molecular weight excluding hydrogens is 432 g/mol. The first kappa shape index (κ1) is 24.2. The first-order chi connectivity index (χ1) is 16.8. The van der Waals surface area contributed by atoms with Crippen molar-refractivity contribution in [3.63, 3.8) is 0 Å². The Morgan fingerprint density at radius 1 is 0.543 bits per heavy atom. The van der Waals surface area contributed by atoms with E-state index in [4.69, 9.17) is 20.9 Å². The fraction of sp³-hybridized carbons (Fsp3) is 0.226. The molecule has 4 nitrogen and oxygen atoms in total. The van der Waals surface area contributed by atoms with Gasteiger partial charge < -0.3 is 20.9 Å². The number of nitrogen functional groups attached to an aromatic ring is 2. The summed E-state index contributed by atoms with van der Waals surface area (Å²) < 4.78 is 12.4. The Labute approximate surface area is 208 Å². The zero-order chi connectivity index (χ0) is 24.9. The maximum absolute atomic E-state index is 6.18. The molecule has 0 aliphatic rings. The number of hydrogen-bond donors (Lipinski definition) is 2. The van der Waals surface area contributed by atoms with Crippen molar-refractivity contribution in [2.24, 2.45) is 0 Å². The summed E-state index contributed by atoms with van der Waals surface area (Å²) in [5, 5.41) is 0. The lowest BCUT2D eigenvalue weighted by Crippen LogP contribution is -1.99. The Bertz CT molecular complexity index is 1180. The molecule has 4 aromatic carbocycles. The SMILES string of the molecule is CC(C)c1cc(Cc2ccc(Oc3ccc(N)cc3)c(C(C)C)c2)ccc1Oc1ccc(N)cc1. The standard InChI is InChI=1S/C31H34N2O2/c1-20(2)28-18-22(5-15-30(28)34-26-11-7-24(32)8-12-26)17-23-6-16-31(29(19-23)21(3)4)35-27-13-9-25(33)10-14-27/h5-16,18-21H,17,32-33H2,1-4H3. The molecule has 0 amide bonds. The summed E-state index contributed by atoms with van der Waals surface area (Å²) in [5.74, 6) is 3.99. The molecule has 35 heavy (non-hydrogen) atoms. The maximum atomic E-state index is 6.18. The van der Waals surface area contributed by atoms with Crippen LogP contribution in [0.1, 0.15) is 61.8 Å². The van der Waals surface area contributed by atoms with Gasteiger partial charge in [-0.2, -0.15) is 0 Å². The minimum atomic E-state index is 0.334. The first-order valence-electron chi connectivity index (χ1n) is 12.1. The molecule has 4 aromatic rings. The van der Waals surface area contributed by atoms with Gasteiger partial charge in [0.15, 0.2) is 0 Å². The normalized spacial score (nSPS) is 11.1. The molecule has 0 unspecified atom stereocenters. The number of hydrogen-bond acceptors (Lipinski definition) is 4.